The monoisotopic (exact) mass is 239 g/mol. The van der Waals surface area contributed by atoms with Gasteiger partial charge in [0.15, 0.2) is 0 Å². The molecule has 0 aromatic rings. The summed E-state index contributed by atoms with van der Waals surface area (Å²) < 4.78 is 10.1. The van der Waals surface area contributed by atoms with Gasteiger partial charge in [0.1, 0.15) is 6.04 Å². The number of hydrogen-bond donors (Lipinski definition) is 0. The zero-order valence-corrected chi connectivity index (χ0v) is 10.6. The first-order valence-corrected chi connectivity index (χ1v) is 6.33. The molecule has 0 aliphatic carbocycles. The molecule has 2 saturated heterocycles. The molecule has 0 unspecified atom stereocenters. The van der Waals surface area contributed by atoms with Gasteiger partial charge < -0.3 is 9.47 Å². The molecule has 4 nitrogen and oxygen atoms in total. The Bertz CT molecular complexity index is 314. The van der Waals surface area contributed by atoms with Crippen LogP contribution in [0.3, 0.4) is 0 Å². The minimum absolute atomic E-state index is 0.0562. The maximum Gasteiger partial charge on any atom is 0.323 e. The van der Waals surface area contributed by atoms with Gasteiger partial charge in [-0.25, -0.2) is 0 Å². The Balaban J connectivity index is 2.16. The van der Waals surface area contributed by atoms with Crippen molar-refractivity contribution in [2.45, 2.75) is 44.2 Å². The van der Waals surface area contributed by atoms with Crippen LogP contribution in [-0.4, -0.2) is 43.7 Å². The second-order valence-electron chi connectivity index (χ2n) is 4.76. The smallest absolute Gasteiger partial charge is 0.323 e. The second-order valence-corrected chi connectivity index (χ2v) is 4.76. The number of fused-ring (bicyclic) bond motifs is 1. The van der Waals surface area contributed by atoms with Crippen LogP contribution in [0.5, 0.6) is 0 Å². The fourth-order valence-corrected chi connectivity index (χ4v) is 3.04. The van der Waals surface area contributed by atoms with E-state index in [0.29, 0.717) is 6.04 Å². The lowest BCUT2D eigenvalue weighted by Gasteiger charge is -2.44. The minimum atomic E-state index is -0.0895. The highest BCUT2D eigenvalue weighted by atomic mass is 16.5. The van der Waals surface area contributed by atoms with Crippen LogP contribution in [0, 0.1) is 0 Å². The SMILES string of the molecule is CO/C=C1\CC[C@@H](C(=O)OC)N2CCCC[C@@H]12. The summed E-state index contributed by atoms with van der Waals surface area (Å²) in [4.78, 5) is 14.1. The van der Waals surface area contributed by atoms with Crippen molar-refractivity contribution in [2.75, 3.05) is 20.8 Å². The van der Waals surface area contributed by atoms with Crippen LogP contribution in [0.2, 0.25) is 0 Å². The molecule has 2 atom stereocenters. The minimum Gasteiger partial charge on any atom is -0.504 e. The summed E-state index contributed by atoms with van der Waals surface area (Å²) in [6, 6.07) is 0.320. The van der Waals surface area contributed by atoms with Crippen LogP contribution in [0.1, 0.15) is 32.1 Å². The zero-order chi connectivity index (χ0) is 12.3. The van der Waals surface area contributed by atoms with Crippen molar-refractivity contribution < 1.29 is 14.3 Å². The van der Waals surface area contributed by atoms with Crippen LogP contribution in [0.25, 0.3) is 0 Å². The highest BCUT2D eigenvalue weighted by Gasteiger charge is 2.39. The third kappa shape index (κ3) is 2.46. The van der Waals surface area contributed by atoms with E-state index in [2.05, 4.69) is 4.90 Å². The van der Waals surface area contributed by atoms with E-state index < -0.39 is 0 Å². The molecule has 2 rings (SSSR count). The van der Waals surface area contributed by atoms with Crippen LogP contribution < -0.4 is 0 Å². The summed E-state index contributed by atoms with van der Waals surface area (Å²) in [6.45, 7) is 0.992. The van der Waals surface area contributed by atoms with Gasteiger partial charge in [-0.15, -0.1) is 0 Å². The Morgan fingerprint density at radius 2 is 2.18 bits per heavy atom. The summed E-state index contributed by atoms with van der Waals surface area (Å²) in [5.41, 5.74) is 1.33. The van der Waals surface area contributed by atoms with Gasteiger partial charge in [0.05, 0.1) is 20.5 Å². The molecule has 0 bridgehead atoms. The van der Waals surface area contributed by atoms with E-state index in [1.54, 1.807) is 7.11 Å². The molecule has 17 heavy (non-hydrogen) atoms. The standard InChI is InChI=1S/C13H21NO3/c1-16-9-10-6-7-12(13(15)17-2)14-8-4-3-5-11(10)14/h9,11-12H,3-8H2,1-2H3/b10-9+/t11-,12-/m0/s1. The van der Waals surface area contributed by atoms with Crippen LogP contribution in [-0.2, 0) is 14.3 Å². The normalized spacial score (nSPS) is 32.0. The number of ether oxygens (including phenoxy) is 2. The Kier molecular flexibility index (Phi) is 4.05. The Morgan fingerprint density at radius 3 is 2.88 bits per heavy atom. The predicted octanol–water partition coefficient (Wildman–Crippen LogP) is 1.71. The maximum absolute atomic E-state index is 11.8. The number of carbonyl (C=O) groups is 1. The van der Waals surface area contributed by atoms with Gasteiger partial charge in [0.2, 0.25) is 0 Å². The number of piperidine rings is 2. The number of nitrogens with zero attached hydrogens (tertiary/aromatic N) is 1. The Labute approximate surface area is 103 Å². The zero-order valence-electron chi connectivity index (χ0n) is 10.6. The lowest BCUT2D eigenvalue weighted by atomic mass is 9.85. The largest absolute Gasteiger partial charge is 0.504 e. The van der Waals surface area contributed by atoms with E-state index in [1.807, 2.05) is 6.26 Å². The van der Waals surface area contributed by atoms with E-state index in [9.17, 15) is 4.79 Å². The third-order valence-electron chi connectivity index (χ3n) is 3.82. The highest BCUT2D eigenvalue weighted by Crippen LogP contribution is 2.34. The highest BCUT2D eigenvalue weighted by molar-refractivity contribution is 5.76. The lowest BCUT2D eigenvalue weighted by Crippen LogP contribution is -2.53. The fourth-order valence-electron chi connectivity index (χ4n) is 3.04. The topological polar surface area (TPSA) is 38.8 Å². The number of hydrogen-bond acceptors (Lipinski definition) is 4. The molecule has 2 heterocycles. The quantitative estimate of drug-likeness (QED) is 0.543. The van der Waals surface area contributed by atoms with Gasteiger partial charge >= 0.3 is 5.97 Å². The molecule has 0 saturated carbocycles. The number of methoxy groups -OCH3 is 2. The van der Waals surface area contributed by atoms with E-state index in [-0.39, 0.29) is 12.0 Å². The van der Waals surface area contributed by atoms with E-state index >= 15 is 0 Å². The maximum atomic E-state index is 11.8. The molecule has 96 valence electrons. The predicted molar refractivity (Wildman–Crippen MR) is 64.5 cm³/mol. The van der Waals surface area contributed by atoms with Crippen LogP contribution >= 0.6 is 0 Å². The lowest BCUT2D eigenvalue weighted by molar-refractivity contribution is -0.149. The molecule has 0 amide bonds. The average molecular weight is 239 g/mol. The Morgan fingerprint density at radius 1 is 1.35 bits per heavy atom. The van der Waals surface area contributed by atoms with Gasteiger partial charge in [0, 0.05) is 6.04 Å². The first-order valence-electron chi connectivity index (χ1n) is 6.33. The number of carbonyl (C=O) groups excluding carboxylic acids is 1. The Hall–Kier alpha value is -1.03. The molecule has 4 heteroatoms. The first-order chi connectivity index (χ1) is 8.27. The van der Waals surface area contributed by atoms with Crippen LogP contribution in [0.4, 0.5) is 0 Å². The molecule has 0 spiro atoms. The summed E-state index contributed by atoms with van der Waals surface area (Å²) >= 11 is 0. The summed E-state index contributed by atoms with van der Waals surface area (Å²) in [7, 11) is 3.16. The van der Waals surface area contributed by atoms with Gasteiger partial charge in [-0.2, -0.15) is 0 Å². The van der Waals surface area contributed by atoms with E-state index in [0.717, 1.165) is 25.8 Å². The van der Waals surface area contributed by atoms with Crippen molar-refractivity contribution >= 4 is 5.97 Å². The molecule has 2 fully saturated rings. The van der Waals surface area contributed by atoms with Crippen molar-refractivity contribution in [3.05, 3.63) is 11.8 Å². The van der Waals surface area contributed by atoms with Crippen LogP contribution in [0.15, 0.2) is 11.8 Å². The summed E-state index contributed by atoms with van der Waals surface area (Å²) in [6.07, 6.45) is 7.17. The molecule has 2 aliphatic heterocycles. The molecular weight excluding hydrogens is 218 g/mol. The second kappa shape index (κ2) is 5.54. The van der Waals surface area contributed by atoms with Crippen molar-refractivity contribution in [2.24, 2.45) is 0 Å². The van der Waals surface area contributed by atoms with Gasteiger partial charge in [0.25, 0.3) is 0 Å². The molecule has 0 N–H and O–H groups in total. The summed E-state index contributed by atoms with van der Waals surface area (Å²) in [5, 5.41) is 0. The average Bonchev–Trinajstić information content (AvgIpc) is 2.38. The van der Waals surface area contributed by atoms with Gasteiger partial charge in [-0.3, -0.25) is 9.69 Å². The fraction of sp³-hybridized carbons (Fsp3) is 0.769. The molecule has 0 radical (unpaired) electrons. The number of esters is 1. The van der Waals surface area contributed by atoms with Crippen molar-refractivity contribution in [3.63, 3.8) is 0 Å². The van der Waals surface area contributed by atoms with E-state index in [4.69, 9.17) is 9.47 Å². The van der Waals surface area contributed by atoms with Gasteiger partial charge in [-0.05, 0) is 37.8 Å². The van der Waals surface area contributed by atoms with E-state index in [1.165, 1.54) is 25.5 Å². The van der Waals surface area contributed by atoms with Crippen molar-refractivity contribution in [1.29, 1.82) is 0 Å². The molecule has 0 aromatic carbocycles. The first kappa shape index (κ1) is 12.4. The molecule has 2 aliphatic rings. The van der Waals surface area contributed by atoms with Gasteiger partial charge in [-0.1, -0.05) is 6.42 Å². The van der Waals surface area contributed by atoms with Crippen molar-refractivity contribution in [1.82, 2.24) is 4.90 Å². The third-order valence-corrected chi connectivity index (χ3v) is 3.82. The molecular formula is C13H21NO3. The molecule has 0 aromatic heterocycles. The number of rotatable bonds is 2. The summed E-state index contributed by atoms with van der Waals surface area (Å²) in [5.74, 6) is -0.0895. The van der Waals surface area contributed by atoms with Crippen molar-refractivity contribution in [3.8, 4) is 0 Å².